The first-order valence-electron chi connectivity index (χ1n) is 9.75. The van der Waals surface area contributed by atoms with Gasteiger partial charge in [0.25, 0.3) is 5.91 Å². The quantitative estimate of drug-likeness (QED) is 0.654. The highest BCUT2D eigenvalue weighted by molar-refractivity contribution is 6.30. The third kappa shape index (κ3) is 3.84. The van der Waals surface area contributed by atoms with Crippen LogP contribution < -0.4 is 10.6 Å². The average molecular weight is 419 g/mol. The van der Waals surface area contributed by atoms with Gasteiger partial charge >= 0.3 is 0 Å². The van der Waals surface area contributed by atoms with Crippen LogP contribution in [0.25, 0.3) is 17.0 Å². The molecule has 5 rings (SSSR count). The van der Waals surface area contributed by atoms with E-state index < -0.39 is 0 Å². The van der Waals surface area contributed by atoms with Crippen LogP contribution in [0.2, 0.25) is 0 Å². The van der Waals surface area contributed by atoms with Crippen molar-refractivity contribution in [3.05, 3.63) is 77.5 Å². The minimum atomic E-state index is -0.280. The van der Waals surface area contributed by atoms with Crippen molar-refractivity contribution in [2.24, 2.45) is 0 Å². The number of benzene rings is 1. The van der Waals surface area contributed by atoms with Crippen LogP contribution in [0.1, 0.15) is 34.9 Å². The van der Waals surface area contributed by atoms with Crippen LogP contribution in [0.15, 0.2) is 66.2 Å². The molecule has 2 aliphatic rings. The van der Waals surface area contributed by atoms with Gasteiger partial charge in [-0.2, -0.15) is 0 Å². The van der Waals surface area contributed by atoms with Crippen molar-refractivity contribution < 1.29 is 4.79 Å². The zero-order valence-electron chi connectivity index (χ0n) is 16.0. The van der Waals surface area contributed by atoms with Gasteiger partial charge in [-0.05, 0) is 54.3 Å². The van der Waals surface area contributed by atoms with E-state index in [9.17, 15) is 4.79 Å². The van der Waals surface area contributed by atoms with Crippen molar-refractivity contribution >= 4 is 28.8 Å². The molecule has 0 saturated heterocycles. The van der Waals surface area contributed by atoms with Crippen molar-refractivity contribution in [2.45, 2.75) is 18.9 Å². The highest BCUT2D eigenvalue weighted by Crippen LogP contribution is 2.37. The summed E-state index contributed by atoms with van der Waals surface area (Å²) in [5, 5.41) is 15.1. The van der Waals surface area contributed by atoms with Crippen molar-refractivity contribution in [2.75, 3.05) is 11.9 Å². The molecule has 7 nitrogen and oxygen atoms in total. The van der Waals surface area contributed by atoms with Gasteiger partial charge in [0.1, 0.15) is 12.0 Å². The second kappa shape index (κ2) is 7.76. The number of anilines is 1. The molecule has 0 bridgehead atoms. The van der Waals surface area contributed by atoms with Gasteiger partial charge in [-0.1, -0.05) is 23.7 Å². The Labute approximate surface area is 178 Å². The standard InChI is InChI=1S/C22H19ClN6O/c23-17-8-16(11-24-12-17)14-6-7-25-20(10-14)22(30)27-18-3-1-2-15(9-18)21-28-26-13-29(21)19-4-5-19/h1-3,6-11,13,19,24H,4-5,12H2,(H,27,30). The number of dihydropyridines is 1. The summed E-state index contributed by atoms with van der Waals surface area (Å²) in [5.41, 5.74) is 3.69. The molecule has 8 heteroatoms. The third-order valence-electron chi connectivity index (χ3n) is 5.06. The average Bonchev–Trinajstić information content (AvgIpc) is 3.50. The van der Waals surface area contributed by atoms with E-state index in [1.807, 2.05) is 42.6 Å². The molecule has 2 N–H and O–H groups in total. The van der Waals surface area contributed by atoms with E-state index in [0.717, 1.165) is 35.4 Å². The molecule has 1 aliphatic carbocycles. The molecule has 30 heavy (non-hydrogen) atoms. The molecule has 150 valence electrons. The van der Waals surface area contributed by atoms with Crippen molar-refractivity contribution in [3.63, 3.8) is 0 Å². The fraction of sp³-hybridized carbons (Fsp3) is 0.182. The number of halogens is 1. The molecule has 1 saturated carbocycles. The number of allylic oxidation sites excluding steroid dienone is 2. The van der Waals surface area contributed by atoms with E-state index in [-0.39, 0.29) is 5.91 Å². The molecule has 3 heterocycles. The number of hydrogen-bond donors (Lipinski definition) is 2. The minimum Gasteiger partial charge on any atom is -0.385 e. The Balaban J connectivity index is 1.37. The third-order valence-corrected chi connectivity index (χ3v) is 5.30. The zero-order valence-corrected chi connectivity index (χ0v) is 16.8. The highest BCUT2D eigenvalue weighted by atomic mass is 35.5. The van der Waals surface area contributed by atoms with Gasteiger partial charge in [0, 0.05) is 34.7 Å². The maximum absolute atomic E-state index is 12.8. The number of carbonyl (C=O) groups is 1. The number of amides is 1. The fourth-order valence-electron chi connectivity index (χ4n) is 3.42. The molecule has 0 atom stereocenters. The van der Waals surface area contributed by atoms with E-state index in [2.05, 4.69) is 30.4 Å². The predicted molar refractivity (Wildman–Crippen MR) is 116 cm³/mol. The van der Waals surface area contributed by atoms with Crippen molar-refractivity contribution in [1.82, 2.24) is 25.1 Å². The van der Waals surface area contributed by atoms with Crippen LogP contribution in [0.4, 0.5) is 5.69 Å². The molecule has 0 unspecified atom stereocenters. The number of nitrogens with one attached hydrogen (secondary N) is 2. The van der Waals surface area contributed by atoms with Crippen LogP contribution in [-0.2, 0) is 0 Å². The molecule has 1 aromatic carbocycles. The summed E-state index contributed by atoms with van der Waals surface area (Å²) in [6.07, 6.45) is 9.45. The first-order valence-corrected chi connectivity index (χ1v) is 10.1. The van der Waals surface area contributed by atoms with E-state index in [1.54, 1.807) is 18.6 Å². The van der Waals surface area contributed by atoms with Gasteiger partial charge in [-0.3, -0.25) is 9.78 Å². The van der Waals surface area contributed by atoms with Gasteiger partial charge in [0.05, 0.1) is 6.54 Å². The van der Waals surface area contributed by atoms with Crippen LogP contribution in [0, 0.1) is 0 Å². The Morgan fingerprint density at radius 2 is 2.10 bits per heavy atom. The second-order valence-corrected chi connectivity index (χ2v) is 7.81. The largest absolute Gasteiger partial charge is 0.385 e. The zero-order chi connectivity index (χ0) is 20.5. The number of hydrogen-bond acceptors (Lipinski definition) is 5. The number of nitrogens with zero attached hydrogens (tertiary/aromatic N) is 4. The van der Waals surface area contributed by atoms with E-state index in [0.29, 0.717) is 29.0 Å². The van der Waals surface area contributed by atoms with E-state index in [4.69, 9.17) is 11.6 Å². The van der Waals surface area contributed by atoms with Crippen LogP contribution >= 0.6 is 11.6 Å². The molecule has 0 spiro atoms. The molecular weight excluding hydrogens is 400 g/mol. The lowest BCUT2D eigenvalue weighted by molar-refractivity contribution is 0.102. The summed E-state index contributed by atoms with van der Waals surface area (Å²) < 4.78 is 2.09. The smallest absolute Gasteiger partial charge is 0.274 e. The van der Waals surface area contributed by atoms with Crippen LogP contribution in [-0.4, -0.2) is 32.2 Å². The van der Waals surface area contributed by atoms with Crippen molar-refractivity contribution in [3.8, 4) is 11.4 Å². The first-order chi connectivity index (χ1) is 14.7. The Morgan fingerprint density at radius 1 is 1.20 bits per heavy atom. The summed E-state index contributed by atoms with van der Waals surface area (Å²) in [4.78, 5) is 17.0. The number of pyridine rings is 1. The molecular formula is C22H19ClN6O. The normalized spacial score (nSPS) is 15.8. The van der Waals surface area contributed by atoms with E-state index >= 15 is 0 Å². The Hall–Kier alpha value is -3.45. The summed E-state index contributed by atoms with van der Waals surface area (Å²) in [5.74, 6) is 0.534. The number of aromatic nitrogens is 4. The molecule has 2 aromatic heterocycles. The van der Waals surface area contributed by atoms with Crippen molar-refractivity contribution in [1.29, 1.82) is 0 Å². The summed E-state index contributed by atoms with van der Waals surface area (Å²) in [6, 6.07) is 11.7. The Morgan fingerprint density at radius 3 is 2.93 bits per heavy atom. The molecule has 1 aliphatic heterocycles. The molecule has 1 amide bonds. The Bertz CT molecular complexity index is 1180. The predicted octanol–water partition coefficient (Wildman–Crippen LogP) is 3.99. The summed E-state index contributed by atoms with van der Waals surface area (Å²) in [7, 11) is 0. The molecule has 1 fully saturated rings. The lowest BCUT2D eigenvalue weighted by Crippen LogP contribution is -2.15. The van der Waals surface area contributed by atoms with Crippen LogP contribution in [0.5, 0.6) is 0 Å². The summed E-state index contributed by atoms with van der Waals surface area (Å²) >= 11 is 6.11. The lowest BCUT2D eigenvalue weighted by atomic mass is 10.1. The van der Waals surface area contributed by atoms with E-state index in [1.165, 1.54) is 0 Å². The van der Waals surface area contributed by atoms with Gasteiger partial charge in [0.15, 0.2) is 5.82 Å². The minimum absolute atomic E-state index is 0.280. The number of carbonyl (C=O) groups excluding carboxylic acids is 1. The maximum Gasteiger partial charge on any atom is 0.274 e. The fourth-order valence-corrected chi connectivity index (χ4v) is 3.62. The Kier molecular flexibility index (Phi) is 4.80. The van der Waals surface area contributed by atoms with Crippen LogP contribution in [0.3, 0.4) is 0 Å². The summed E-state index contributed by atoms with van der Waals surface area (Å²) in [6.45, 7) is 0.605. The first kappa shape index (κ1) is 18.6. The second-order valence-electron chi connectivity index (χ2n) is 7.33. The van der Waals surface area contributed by atoms with Gasteiger partial charge in [-0.25, -0.2) is 0 Å². The monoisotopic (exact) mass is 418 g/mol. The topological polar surface area (TPSA) is 84.7 Å². The number of rotatable bonds is 5. The maximum atomic E-state index is 12.8. The lowest BCUT2D eigenvalue weighted by Gasteiger charge is -2.12. The SMILES string of the molecule is O=C(Nc1cccc(-c2nncn2C2CC2)c1)c1cc(C2=CNCC(Cl)=C2)ccn1. The molecule has 0 radical (unpaired) electrons. The van der Waals surface area contributed by atoms with Gasteiger partial charge in [0.2, 0.25) is 0 Å². The highest BCUT2D eigenvalue weighted by Gasteiger charge is 2.26. The van der Waals surface area contributed by atoms with Gasteiger partial charge < -0.3 is 15.2 Å². The van der Waals surface area contributed by atoms with Gasteiger partial charge in [-0.15, -0.1) is 10.2 Å². The molecule has 3 aromatic rings.